The van der Waals surface area contributed by atoms with Gasteiger partial charge in [-0.25, -0.2) is 0 Å². The minimum atomic E-state index is 0.225. The van der Waals surface area contributed by atoms with E-state index in [1.54, 1.807) is 5.56 Å². The fraction of sp³-hybridized carbons (Fsp3) is 0.750. The summed E-state index contributed by atoms with van der Waals surface area (Å²) in [5, 5.41) is 8.30. The normalized spacial score (nSPS) is 25.3. The van der Waals surface area contributed by atoms with E-state index in [4.69, 9.17) is 0 Å². The molecule has 1 saturated carbocycles. The molecule has 2 unspecified atom stereocenters. The molecule has 1 aromatic heterocycles. The molecule has 1 aliphatic rings. The highest BCUT2D eigenvalue weighted by molar-refractivity contribution is 9.10. The van der Waals surface area contributed by atoms with Crippen molar-refractivity contribution in [2.45, 2.75) is 64.3 Å². The first kappa shape index (κ1) is 15.5. The first-order valence-corrected chi connectivity index (χ1v) is 9.17. The van der Waals surface area contributed by atoms with Gasteiger partial charge in [-0.15, -0.1) is 0 Å². The number of halogens is 1. The van der Waals surface area contributed by atoms with Crippen molar-refractivity contribution in [2.24, 2.45) is 5.92 Å². The van der Waals surface area contributed by atoms with Gasteiger partial charge in [-0.1, -0.05) is 19.3 Å². The summed E-state index contributed by atoms with van der Waals surface area (Å²) in [5.41, 5.74) is 1.77. The van der Waals surface area contributed by atoms with E-state index in [2.05, 4.69) is 52.8 Å². The number of rotatable bonds is 3. The molecular formula is C16H26BrNS. The first-order valence-electron chi connectivity index (χ1n) is 7.44. The van der Waals surface area contributed by atoms with E-state index in [-0.39, 0.29) is 5.54 Å². The molecule has 1 nitrogen and oxygen atoms in total. The van der Waals surface area contributed by atoms with Crippen LogP contribution >= 0.6 is 27.3 Å². The monoisotopic (exact) mass is 343 g/mol. The van der Waals surface area contributed by atoms with Gasteiger partial charge in [-0.2, -0.15) is 11.3 Å². The van der Waals surface area contributed by atoms with Gasteiger partial charge in [0.1, 0.15) is 0 Å². The molecule has 2 atom stereocenters. The molecule has 0 bridgehead atoms. The van der Waals surface area contributed by atoms with Crippen molar-refractivity contribution in [1.82, 2.24) is 5.32 Å². The minimum absolute atomic E-state index is 0.225. The van der Waals surface area contributed by atoms with Crippen molar-refractivity contribution in [3.63, 3.8) is 0 Å². The molecule has 2 rings (SSSR count). The van der Waals surface area contributed by atoms with Gasteiger partial charge in [-0.05, 0) is 78.9 Å². The summed E-state index contributed by atoms with van der Waals surface area (Å²) < 4.78 is 1.32. The second kappa shape index (κ2) is 6.73. The van der Waals surface area contributed by atoms with E-state index >= 15 is 0 Å². The summed E-state index contributed by atoms with van der Waals surface area (Å²) in [6.07, 6.45) is 6.92. The van der Waals surface area contributed by atoms with E-state index in [0.717, 1.165) is 18.4 Å². The Morgan fingerprint density at radius 1 is 1.21 bits per heavy atom. The van der Waals surface area contributed by atoms with Crippen LogP contribution in [0.15, 0.2) is 15.2 Å². The van der Waals surface area contributed by atoms with Crippen LogP contribution in [0.3, 0.4) is 0 Å². The Kier molecular flexibility index (Phi) is 5.50. The van der Waals surface area contributed by atoms with Crippen molar-refractivity contribution < 1.29 is 0 Å². The largest absolute Gasteiger partial charge is 0.312 e. The summed E-state index contributed by atoms with van der Waals surface area (Å²) in [4.78, 5) is 0. The third-order valence-corrected chi connectivity index (χ3v) is 5.85. The number of hydrogen-bond donors (Lipinski definition) is 1. The maximum absolute atomic E-state index is 3.74. The standard InChI is InChI=1S/C16H26BrNS/c1-16(2,3)18-9-12-7-5-4-6-8-13(12)14-10-19-11-15(14)17/h10-13,18H,4-9H2,1-3H3. The number of hydrogen-bond acceptors (Lipinski definition) is 2. The molecule has 3 heteroatoms. The highest BCUT2D eigenvalue weighted by Crippen LogP contribution is 2.40. The Bertz CT molecular complexity index is 394. The van der Waals surface area contributed by atoms with Crippen LogP contribution in [0.1, 0.15) is 64.4 Å². The summed E-state index contributed by atoms with van der Waals surface area (Å²) in [5.74, 6) is 1.52. The molecule has 0 radical (unpaired) electrons. The maximum atomic E-state index is 3.74. The Labute approximate surface area is 130 Å². The molecule has 1 N–H and O–H groups in total. The Morgan fingerprint density at radius 3 is 2.58 bits per heavy atom. The lowest BCUT2D eigenvalue weighted by molar-refractivity contribution is 0.322. The highest BCUT2D eigenvalue weighted by atomic mass is 79.9. The molecule has 1 aromatic rings. The van der Waals surface area contributed by atoms with E-state index in [9.17, 15) is 0 Å². The van der Waals surface area contributed by atoms with E-state index < -0.39 is 0 Å². The second-order valence-corrected chi connectivity index (χ2v) is 8.41. The van der Waals surface area contributed by atoms with Crippen molar-refractivity contribution in [3.05, 3.63) is 20.8 Å². The average molecular weight is 344 g/mol. The first-order chi connectivity index (χ1) is 8.97. The van der Waals surface area contributed by atoms with E-state index in [0.29, 0.717) is 0 Å². The van der Waals surface area contributed by atoms with Crippen LogP contribution in [0, 0.1) is 5.92 Å². The quantitative estimate of drug-likeness (QED) is 0.708. The molecule has 19 heavy (non-hydrogen) atoms. The summed E-state index contributed by atoms with van der Waals surface area (Å²) in [7, 11) is 0. The zero-order valence-electron chi connectivity index (χ0n) is 12.3. The third kappa shape index (κ3) is 4.57. The molecule has 1 heterocycles. The van der Waals surface area contributed by atoms with Crippen molar-refractivity contribution in [1.29, 1.82) is 0 Å². The minimum Gasteiger partial charge on any atom is -0.312 e. The van der Waals surface area contributed by atoms with Gasteiger partial charge in [0.15, 0.2) is 0 Å². The van der Waals surface area contributed by atoms with Crippen LogP contribution in [0.2, 0.25) is 0 Å². The van der Waals surface area contributed by atoms with E-state index in [1.165, 1.54) is 36.6 Å². The van der Waals surface area contributed by atoms with Crippen molar-refractivity contribution in [3.8, 4) is 0 Å². The van der Waals surface area contributed by atoms with Crippen molar-refractivity contribution >= 4 is 27.3 Å². The predicted octanol–water partition coefficient (Wildman–Crippen LogP) is 5.56. The van der Waals surface area contributed by atoms with Gasteiger partial charge in [0.2, 0.25) is 0 Å². The van der Waals surface area contributed by atoms with Crippen molar-refractivity contribution in [2.75, 3.05) is 6.54 Å². The molecular weight excluding hydrogens is 318 g/mol. The maximum Gasteiger partial charge on any atom is 0.0317 e. The zero-order chi connectivity index (χ0) is 13.9. The van der Waals surface area contributed by atoms with Gasteiger partial charge in [0, 0.05) is 15.4 Å². The lowest BCUT2D eigenvalue weighted by Crippen LogP contribution is -2.40. The molecule has 108 valence electrons. The van der Waals surface area contributed by atoms with Gasteiger partial charge in [0.25, 0.3) is 0 Å². The Balaban J connectivity index is 2.10. The van der Waals surface area contributed by atoms with Crippen LogP contribution in [0.5, 0.6) is 0 Å². The lowest BCUT2D eigenvalue weighted by atomic mass is 9.83. The SMILES string of the molecule is CC(C)(C)NCC1CCCCCC1c1cscc1Br. The zero-order valence-corrected chi connectivity index (χ0v) is 14.7. The Hall–Kier alpha value is 0.140. The molecule has 1 aliphatic carbocycles. The number of nitrogens with one attached hydrogen (secondary N) is 1. The molecule has 0 amide bonds. The number of thiophene rings is 1. The van der Waals surface area contributed by atoms with Gasteiger partial charge < -0.3 is 5.32 Å². The topological polar surface area (TPSA) is 12.0 Å². The van der Waals surface area contributed by atoms with Crippen LogP contribution in [-0.2, 0) is 0 Å². The molecule has 0 spiro atoms. The van der Waals surface area contributed by atoms with Crippen LogP contribution in [0.4, 0.5) is 0 Å². The smallest absolute Gasteiger partial charge is 0.0317 e. The predicted molar refractivity (Wildman–Crippen MR) is 89.1 cm³/mol. The Morgan fingerprint density at radius 2 is 1.95 bits per heavy atom. The fourth-order valence-corrected chi connectivity index (χ4v) is 4.69. The van der Waals surface area contributed by atoms with Gasteiger partial charge in [0.05, 0.1) is 0 Å². The second-order valence-electron chi connectivity index (χ2n) is 6.81. The van der Waals surface area contributed by atoms with Gasteiger partial charge >= 0.3 is 0 Å². The van der Waals surface area contributed by atoms with Crippen LogP contribution in [0.25, 0.3) is 0 Å². The lowest BCUT2D eigenvalue weighted by Gasteiger charge is -2.30. The molecule has 0 saturated heterocycles. The van der Waals surface area contributed by atoms with Crippen LogP contribution < -0.4 is 5.32 Å². The van der Waals surface area contributed by atoms with Gasteiger partial charge in [-0.3, -0.25) is 0 Å². The molecule has 0 aliphatic heterocycles. The average Bonchev–Trinajstić information content (AvgIpc) is 2.62. The summed E-state index contributed by atoms with van der Waals surface area (Å²) in [6.45, 7) is 7.94. The molecule has 0 aromatic carbocycles. The summed E-state index contributed by atoms with van der Waals surface area (Å²) in [6, 6.07) is 0. The third-order valence-electron chi connectivity index (χ3n) is 4.10. The van der Waals surface area contributed by atoms with E-state index in [1.807, 2.05) is 11.3 Å². The van der Waals surface area contributed by atoms with Crippen LogP contribution in [-0.4, -0.2) is 12.1 Å². The fourth-order valence-electron chi connectivity index (χ4n) is 3.03. The summed E-state index contributed by atoms with van der Waals surface area (Å²) >= 11 is 5.56. The highest BCUT2D eigenvalue weighted by Gasteiger charge is 2.27. The molecule has 1 fully saturated rings.